The van der Waals surface area contributed by atoms with Crippen LogP contribution in [0.1, 0.15) is 72.9 Å². The van der Waals surface area contributed by atoms with Gasteiger partial charge in [0.2, 0.25) is 5.91 Å². The Labute approximate surface area is 245 Å². The molecule has 1 unspecified atom stereocenters. The van der Waals surface area contributed by atoms with Gasteiger partial charge in [-0.2, -0.15) is 0 Å². The number of nitrogens with zero attached hydrogens (tertiary/aromatic N) is 1. The van der Waals surface area contributed by atoms with Gasteiger partial charge in [0.1, 0.15) is 11.6 Å². The van der Waals surface area contributed by atoms with Gasteiger partial charge in [-0.05, 0) is 86.8 Å². The lowest BCUT2D eigenvalue weighted by Gasteiger charge is -2.32. The van der Waals surface area contributed by atoms with E-state index in [-0.39, 0.29) is 17.2 Å². The molecule has 3 aromatic rings. The van der Waals surface area contributed by atoms with Gasteiger partial charge in [0.05, 0.1) is 23.8 Å². The maximum atomic E-state index is 13.0. The number of anilines is 1. The number of nitrogens with one attached hydrogen (secondary N) is 2. The highest BCUT2D eigenvalue weighted by atomic mass is 16.7. The van der Waals surface area contributed by atoms with E-state index in [1.54, 1.807) is 7.11 Å². The van der Waals surface area contributed by atoms with Crippen molar-refractivity contribution in [1.29, 1.82) is 0 Å². The summed E-state index contributed by atoms with van der Waals surface area (Å²) in [5, 5.41) is 7.63. The van der Waals surface area contributed by atoms with Crippen LogP contribution in [0.4, 0.5) is 5.82 Å². The van der Waals surface area contributed by atoms with Crippen molar-refractivity contribution in [3.05, 3.63) is 59.7 Å². The molecule has 1 amide bonds. The first-order chi connectivity index (χ1) is 19.2. The monoisotopic (exact) mass is 559 g/mol. The minimum atomic E-state index is -0.451. The van der Waals surface area contributed by atoms with Crippen LogP contribution in [0.2, 0.25) is 0 Å². The number of carbonyl (C=O) groups excluding carboxylic acids is 1. The molecule has 41 heavy (non-hydrogen) atoms. The molecule has 1 atom stereocenters. The number of amides is 1. The van der Waals surface area contributed by atoms with Gasteiger partial charge in [0.25, 0.3) is 0 Å². The molecule has 4 rings (SSSR count). The highest BCUT2D eigenvalue weighted by molar-refractivity contribution is 6.62. The van der Waals surface area contributed by atoms with Gasteiger partial charge in [-0.15, -0.1) is 0 Å². The Morgan fingerprint density at radius 2 is 1.68 bits per heavy atom. The lowest BCUT2D eigenvalue weighted by Crippen LogP contribution is -2.41. The number of pyridine rings is 1. The first-order valence-electron chi connectivity index (χ1n) is 14.6. The minimum absolute atomic E-state index is 0.0569. The Balaban J connectivity index is 1.60. The van der Waals surface area contributed by atoms with E-state index in [4.69, 9.17) is 19.0 Å². The fourth-order valence-electron chi connectivity index (χ4n) is 4.76. The number of fused-ring (bicyclic) bond motifs is 1. The van der Waals surface area contributed by atoms with Crippen LogP contribution in [0.15, 0.2) is 48.5 Å². The van der Waals surface area contributed by atoms with Crippen molar-refractivity contribution in [3.63, 3.8) is 0 Å². The number of hydrogen-bond acceptors (Lipinski definition) is 6. The molecule has 2 N–H and O–H groups in total. The molecule has 7 nitrogen and oxygen atoms in total. The Morgan fingerprint density at radius 3 is 2.29 bits per heavy atom. The van der Waals surface area contributed by atoms with Crippen LogP contribution in [-0.2, 0) is 27.1 Å². The van der Waals surface area contributed by atoms with Crippen molar-refractivity contribution in [2.45, 2.75) is 86.0 Å². The summed E-state index contributed by atoms with van der Waals surface area (Å²) in [6, 6.07) is 16.3. The first kappa shape index (κ1) is 30.9. The number of carbonyl (C=O) groups is 1. The van der Waals surface area contributed by atoms with E-state index in [1.807, 2.05) is 43.3 Å². The third-order valence-electron chi connectivity index (χ3n) is 8.21. The minimum Gasteiger partial charge on any atom is -0.497 e. The summed E-state index contributed by atoms with van der Waals surface area (Å²) >= 11 is 0. The summed E-state index contributed by atoms with van der Waals surface area (Å²) < 4.78 is 17.9. The Bertz CT molecular complexity index is 1350. The summed E-state index contributed by atoms with van der Waals surface area (Å²) in [6.45, 7) is 18.0. The molecule has 1 aromatic heterocycles. The molecule has 0 spiro atoms. The summed E-state index contributed by atoms with van der Waals surface area (Å²) in [5.41, 5.74) is 3.27. The Morgan fingerprint density at radius 1 is 1.02 bits per heavy atom. The van der Waals surface area contributed by atoms with Gasteiger partial charge in [-0.1, -0.05) is 52.0 Å². The normalized spacial score (nSPS) is 17.0. The van der Waals surface area contributed by atoms with E-state index >= 15 is 0 Å². The van der Waals surface area contributed by atoms with Gasteiger partial charge in [-0.25, -0.2) is 4.98 Å². The molecule has 8 heteroatoms. The Hall–Kier alpha value is -3.10. The number of methoxy groups -OCH3 is 1. The molecule has 2 aromatic carbocycles. The van der Waals surface area contributed by atoms with Crippen molar-refractivity contribution in [2.24, 2.45) is 11.3 Å². The topological polar surface area (TPSA) is 81.7 Å². The van der Waals surface area contributed by atoms with Crippen LogP contribution < -0.4 is 20.8 Å². The van der Waals surface area contributed by atoms with Crippen LogP contribution in [0.3, 0.4) is 0 Å². The highest BCUT2D eigenvalue weighted by Crippen LogP contribution is 2.36. The van der Waals surface area contributed by atoms with E-state index in [2.05, 4.69) is 71.2 Å². The van der Waals surface area contributed by atoms with Gasteiger partial charge < -0.3 is 24.7 Å². The standard InChI is InChI=1S/C33H46BN3O4/c1-22(30(38)35-17-16-31(2,3)4)18-25-19-24-20-26(34-40-32(5,6)33(7,8)41-34)12-15-28(24)37-29(25)36-21-23-10-13-27(39-9)14-11-23/h10-15,19-20,22H,16-18,21H2,1-9H3,(H,35,38)(H,36,37). The molecular weight excluding hydrogens is 513 g/mol. The number of rotatable bonds is 10. The summed E-state index contributed by atoms with van der Waals surface area (Å²) in [7, 11) is 1.21. The number of ether oxygens (including phenoxy) is 1. The van der Waals surface area contributed by atoms with Gasteiger partial charge >= 0.3 is 7.12 Å². The molecule has 0 radical (unpaired) electrons. The molecule has 1 fully saturated rings. The first-order valence-corrected chi connectivity index (χ1v) is 14.6. The van der Waals surface area contributed by atoms with E-state index in [0.29, 0.717) is 19.5 Å². The third-order valence-corrected chi connectivity index (χ3v) is 8.21. The second kappa shape index (κ2) is 12.0. The predicted molar refractivity (Wildman–Crippen MR) is 168 cm³/mol. The Kier molecular flexibility index (Phi) is 9.05. The van der Waals surface area contributed by atoms with Crippen LogP contribution in [0.5, 0.6) is 5.75 Å². The van der Waals surface area contributed by atoms with E-state index in [9.17, 15) is 4.79 Å². The third kappa shape index (κ3) is 7.60. The molecule has 220 valence electrons. The molecule has 0 aliphatic carbocycles. The van der Waals surface area contributed by atoms with Gasteiger partial charge in [-0.3, -0.25) is 4.79 Å². The average molecular weight is 560 g/mol. The van der Waals surface area contributed by atoms with Crippen molar-refractivity contribution in [2.75, 3.05) is 19.0 Å². The zero-order chi connectivity index (χ0) is 30.0. The lowest BCUT2D eigenvalue weighted by molar-refractivity contribution is -0.124. The SMILES string of the molecule is COc1ccc(CNc2nc3ccc(B4OC(C)(C)C(C)(C)O4)cc3cc2CC(C)C(=O)NCCC(C)(C)C)cc1. The van der Waals surface area contributed by atoms with Gasteiger partial charge in [0, 0.05) is 24.4 Å². The van der Waals surface area contributed by atoms with Crippen molar-refractivity contribution in [3.8, 4) is 5.75 Å². The zero-order valence-electron chi connectivity index (χ0n) is 26.2. The van der Waals surface area contributed by atoms with Crippen molar-refractivity contribution >= 4 is 35.2 Å². The fourth-order valence-corrected chi connectivity index (χ4v) is 4.76. The zero-order valence-corrected chi connectivity index (χ0v) is 26.2. The van der Waals surface area contributed by atoms with Crippen LogP contribution in [-0.4, -0.2) is 42.9 Å². The number of benzene rings is 2. The van der Waals surface area contributed by atoms with Crippen LogP contribution in [0, 0.1) is 11.3 Å². The lowest BCUT2D eigenvalue weighted by atomic mass is 9.78. The molecule has 1 aliphatic rings. The van der Waals surface area contributed by atoms with Crippen molar-refractivity contribution < 1.29 is 18.8 Å². The molecule has 0 saturated carbocycles. The smallest absolute Gasteiger partial charge is 0.494 e. The van der Waals surface area contributed by atoms with E-state index in [1.165, 1.54) is 0 Å². The predicted octanol–water partition coefficient (Wildman–Crippen LogP) is 5.89. The van der Waals surface area contributed by atoms with Crippen LogP contribution in [0.25, 0.3) is 10.9 Å². The summed E-state index contributed by atoms with van der Waals surface area (Å²) in [5.74, 6) is 1.46. The van der Waals surface area contributed by atoms with E-state index in [0.717, 1.165) is 45.5 Å². The molecular formula is C33H46BN3O4. The largest absolute Gasteiger partial charge is 0.497 e. The second-order valence-electron chi connectivity index (χ2n) is 13.4. The maximum Gasteiger partial charge on any atom is 0.494 e. The molecule has 0 bridgehead atoms. The number of aromatic nitrogens is 1. The quantitative estimate of drug-likeness (QED) is 0.302. The molecule has 1 saturated heterocycles. The molecule has 1 aliphatic heterocycles. The average Bonchev–Trinajstić information content (AvgIpc) is 3.12. The number of hydrogen-bond donors (Lipinski definition) is 2. The molecule has 2 heterocycles. The second-order valence-corrected chi connectivity index (χ2v) is 13.4. The van der Waals surface area contributed by atoms with Crippen LogP contribution >= 0.6 is 0 Å². The van der Waals surface area contributed by atoms with Crippen molar-refractivity contribution in [1.82, 2.24) is 10.3 Å². The maximum absolute atomic E-state index is 13.0. The fraction of sp³-hybridized carbons (Fsp3) is 0.515. The van der Waals surface area contributed by atoms with E-state index < -0.39 is 18.3 Å². The highest BCUT2D eigenvalue weighted by Gasteiger charge is 2.51. The summed E-state index contributed by atoms with van der Waals surface area (Å²) in [6.07, 6.45) is 1.50. The van der Waals surface area contributed by atoms with Gasteiger partial charge in [0.15, 0.2) is 0 Å². The summed E-state index contributed by atoms with van der Waals surface area (Å²) in [4.78, 5) is 18.0.